The molecule has 0 spiro atoms. The molecule has 0 saturated heterocycles. The van der Waals surface area contributed by atoms with Gasteiger partial charge in [0.2, 0.25) is 5.91 Å². The van der Waals surface area contributed by atoms with Gasteiger partial charge in [-0.2, -0.15) is 0 Å². The fourth-order valence-corrected chi connectivity index (χ4v) is 3.61. The van der Waals surface area contributed by atoms with E-state index in [2.05, 4.69) is 5.32 Å². The van der Waals surface area contributed by atoms with Crippen molar-refractivity contribution in [3.05, 3.63) is 58.7 Å². The number of rotatable bonds is 9. The summed E-state index contributed by atoms with van der Waals surface area (Å²) >= 11 is 0. The molecular formula is C23H24N2O7. The van der Waals surface area contributed by atoms with E-state index in [0.717, 1.165) is 10.5 Å². The minimum absolute atomic E-state index is 0.259. The summed E-state index contributed by atoms with van der Waals surface area (Å²) < 4.78 is 10.9. The van der Waals surface area contributed by atoms with Crippen molar-refractivity contribution >= 4 is 23.7 Å². The normalized spacial score (nSPS) is 13.5. The number of carboxylic acids is 1. The van der Waals surface area contributed by atoms with Crippen molar-refractivity contribution in [2.75, 3.05) is 20.3 Å². The zero-order valence-corrected chi connectivity index (χ0v) is 18.0. The number of benzene rings is 2. The van der Waals surface area contributed by atoms with Gasteiger partial charge in [-0.3, -0.25) is 24.1 Å². The molecule has 9 heteroatoms. The van der Waals surface area contributed by atoms with E-state index in [4.69, 9.17) is 14.6 Å². The molecule has 0 aromatic heterocycles. The molecule has 1 aliphatic heterocycles. The van der Waals surface area contributed by atoms with Gasteiger partial charge in [-0.05, 0) is 43.7 Å². The Labute approximate surface area is 184 Å². The van der Waals surface area contributed by atoms with Crippen LogP contribution in [0.1, 0.15) is 51.2 Å². The van der Waals surface area contributed by atoms with Crippen LogP contribution in [0.15, 0.2) is 36.4 Å². The lowest BCUT2D eigenvalue weighted by molar-refractivity contribution is -0.138. The van der Waals surface area contributed by atoms with Gasteiger partial charge in [-0.15, -0.1) is 0 Å². The third kappa shape index (κ3) is 4.56. The first-order valence-corrected chi connectivity index (χ1v) is 10.0. The van der Waals surface area contributed by atoms with E-state index in [1.165, 1.54) is 7.11 Å². The highest BCUT2D eigenvalue weighted by atomic mass is 16.5. The summed E-state index contributed by atoms with van der Waals surface area (Å²) in [4.78, 5) is 50.7. The number of amides is 3. The Morgan fingerprint density at radius 1 is 1.06 bits per heavy atom. The Morgan fingerprint density at radius 3 is 2.44 bits per heavy atom. The Morgan fingerprint density at radius 2 is 1.78 bits per heavy atom. The van der Waals surface area contributed by atoms with Gasteiger partial charge >= 0.3 is 5.97 Å². The number of nitrogens with zero attached hydrogens (tertiary/aromatic N) is 1. The number of aliphatic carboxylic acids is 1. The Bertz CT molecular complexity index is 1080. The highest BCUT2D eigenvalue weighted by Gasteiger charge is 2.41. The number of carbonyl (C=O) groups is 4. The summed E-state index contributed by atoms with van der Waals surface area (Å²) in [6, 6.07) is 8.88. The first-order valence-electron chi connectivity index (χ1n) is 10.0. The molecule has 3 rings (SSSR count). The van der Waals surface area contributed by atoms with Crippen molar-refractivity contribution in [3.63, 3.8) is 0 Å². The van der Waals surface area contributed by atoms with Gasteiger partial charge in [0, 0.05) is 0 Å². The number of carbonyl (C=O) groups excluding carboxylic acids is 3. The summed E-state index contributed by atoms with van der Waals surface area (Å²) in [6.45, 7) is 3.40. The molecular weight excluding hydrogens is 416 g/mol. The first-order chi connectivity index (χ1) is 15.3. The van der Waals surface area contributed by atoms with Crippen molar-refractivity contribution in [2.45, 2.75) is 26.3 Å². The Kier molecular flexibility index (Phi) is 6.77. The maximum absolute atomic E-state index is 13.2. The van der Waals surface area contributed by atoms with Crippen molar-refractivity contribution in [1.82, 2.24) is 10.2 Å². The van der Waals surface area contributed by atoms with E-state index in [1.54, 1.807) is 43.3 Å². The largest absolute Gasteiger partial charge is 0.493 e. The molecule has 1 aliphatic rings. The molecule has 1 atom stereocenters. The topological polar surface area (TPSA) is 122 Å². The molecule has 0 fully saturated rings. The predicted octanol–water partition coefficient (Wildman–Crippen LogP) is 2.33. The average molecular weight is 440 g/mol. The lowest BCUT2D eigenvalue weighted by Crippen LogP contribution is -2.38. The molecule has 1 unspecified atom stereocenters. The van der Waals surface area contributed by atoms with Crippen LogP contribution in [-0.2, 0) is 9.59 Å². The van der Waals surface area contributed by atoms with Gasteiger partial charge in [0.1, 0.15) is 6.54 Å². The van der Waals surface area contributed by atoms with Crippen molar-refractivity contribution in [2.24, 2.45) is 0 Å². The van der Waals surface area contributed by atoms with E-state index < -0.39 is 36.3 Å². The lowest BCUT2D eigenvalue weighted by atomic mass is 10.0. The molecule has 168 valence electrons. The van der Waals surface area contributed by atoms with Crippen LogP contribution >= 0.6 is 0 Å². The highest BCUT2D eigenvalue weighted by Crippen LogP contribution is 2.37. The number of methoxy groups -OCH3 is 1. The van der Waals surface area contributed by atoms with Gasteiger partial charge in [0.15, 0.2) is 11.5 Å². The van der Waals surface area contributed by atoms with Gasteiger partial charge in [0.25, 0.3) is 11.8 Å². The van der Waals surface area contributed by atoms with Crippen molar-refractivity contribution in [3.8, 4) is 11.5 Å². The molecule has 2 aromatic rings. The van der Waals surface area contributed by atoms with Crippen molar-refractivity contribution < 1.29 is 33.8 Å². The Balaban J connectivity index is 2.03. The molecule has 3 amide bonds. The summed E-state index contributed by atoms with van der Waals surface area (Å²) in [5.74, 6) is -1.99. The molecule has 1 heterocycles. The zero-order chi connectivity index (χ0) is 23.4. The minimum atomic E-state index is -1.20. The summed E-state index contributed by atoms with van der Waals surface area (Å²) in [7, 11) is 1.49. The monoisotopic (exact) mass is 440 g/mol. The quantitative estimate of drug-likeness (QED) is 0.574. The fourth-order valence-electron chi connectivity index (χ4n) is 3.61. The van der Waals surface area contributed by atoms with Crippen LogP contribution in [0.25, 0.3) is 0 Å². The van der Waals surface area contributed by atoms with Crippen LogP contribution in [0.4, 0.5) is 0 Å². The van der Waals surface area contributed by atoms with E-state index in [-0.39, 0.29) is 17.5 Å². The number of nitrogens with one attached hydrogen (secondary N) is 1. The molecule has 0 radical (unpaired) electrons. The fraction of sp³-hybridized carbons (Fsp3) is 0.304. The highest BCUT2D eigenvalue weighted by molar-refractivity contribution is 6.21. The molecule has 9 nitrogen and oxygen atoms in total. The van der Waals surface area contributed by atoms with Crippen LogP contribution < -0.4 is 14.8 Å². The van der Waals surface area contributed by atoms with Gasteiger partial charge in [-0.1, -0.05) is 17.7 Å². The number of fused-ring (bicyclic) bond motifs is 1. The van der Waals surface area contributed by atoms with E-state index in [1.807, 2.05) is 6.92 Å². The number of ether oxygens (including phenoxy) is 2. The van der Waals surface area contributed by atoms with Crippen LogP contribution in [0.5, 0.6) is 11.5 Å². The average Bonchev–Trinajstić information content (AvgIpc) is 3.00. The second-order valence-corrected chi connectivity index (χ2v) is 7.26. The first kappa shape index (κ1) is 22.8. The summed E-state index contributed by atoms with van der Waals surface area (Å²) in [6.07, 6.45) is -0.310. The lowest BCUT2D eigenvalue weighted by Gasteiger charge is -2.27. The molecule has 2 N–H and O–H groups in total. The molecule has 0 aliphatic carbocycles. The number of carboxylic acid groups (broad SMARTS) is 1. The van der Waals surface area contributed by atoms with Crippen LogP contribution in [0, 0.1) is 6.92 Å². The number of hydrogen-bond acceptors (Lipinski definition) is 6. The van der Waals surface area contributed by atoms with Crippen LogP contribution in [-0.4, -0.2) is 54.0 Å². The summed E-state index contributed by atoms with van der Waals surface area (Å²) in [5, 5.41) is 11.1. The second-order valence-electron chi connectivity index (χ2n) is 7.26. The maximum atomic E-state index is 13.2. The molecule has 0 bridgehead atoms. The molecule has 2 aromatic carbocycles. The minimum Gasteiger partial charge on any atom is -0.493 e. The third-order valence-corrected chi connectivity index (χ3v) is 5.07. The van der Waals surface area contributed by atoms with Crippen LogP contribution in [0.2, 0.25) is 0 Å². The summed E-state index contributed by atoms with van der Waals surface area (Å²) in [5.41, 5.74) is 1.83. The predicted molar refractivity (Wildman–Crippen MR) is 114 cm³/mol. The smallest absolute Gasteiger partial charge is 0.322 e. The maximum Gasteiger partial charge on any atom is 0.322 e. The van der Waals surface area contributed by atoms with Gasteiger partial charge in [-0.25, -0.2) is 0 Å². The number of aryl methyl sites for hydroxylation is 1. The van der Waals surface area contributed by atoms with E-state index in [0.29, 0.717) is 23.7 Å². The SMILES string of the molecule is CCOc1cc(C(CC(=O)NCC(=O)O)N2C(=O)c3ccc(C)cc3C2=O)ccc1OC. The molecule has 32 heavy (non-hydrogen) atoms. The number of hydrogen-bond donors (Lipinski definition) is 2. The zero-order valence-electron chi connectivity index (χ0n) is 18.0. The second kappa shape index (κ2) is 9.51. The third-order valence-electron chi connectivity index (χ3n) is 5.07. The van der Waals surface area contributed by atoms with Crippen LogP contribution in [0.3, 0.4) is 0 Å². The number of imide groups is 1. The van der Waals surface area contributed by atoms with E-state index >= 15 is 0 Å². The van der Waals surface area contributed by atoms with Crippen molar-refractivity contribution in [1.29, 1.82) is 0 Å². The van der Waals surface area contributed by atoms with Gasteiger partial charge < -0.3 is 19.9 Å². The van der Waals surface area contributed by atoms with E-state index in [9.17, 15) is 19.2 Å². The van der Waals surface area contributed by atoms with Gasteiger partial charge in [0.05, 0.1) is 37.3 Å². The Hall–Kier alpha value is -3.88. The molecule has 0 saturated carbocycles. The standard InChI is InChI=1S/C23H24N2O7/c1-4-32-19-10-14(6-8-18(19)31-3)17(11-20(26)24-12-21(27)28)25-22(29)15-7-5-13(2)9-16(15)23(25)30/h5-10,17H,4,11-12H2,1-3H3,(H,24,26)(H,27,28).